The van der Waals surface area contributed by atoms with Crippen LogP contribution in [-0.4, -0.2) is 31.1 Å². The molecule has 5 nitrogen and oxygen atoms in total. The van der Waals surface area contributed by atoms with E-state index < -0.39 is 11.9 Å². The first kappa shape index (κ1) is 12.3. The Labute approximate surface area is 64.3 Å². The quantitative estimate of drug-likeness (QED) is 0.427. The fourth-order valence-electron chi connectivity index (χ4n) is 0.139. The molecular formula is C6H11NO4. The minimum atomic E-state index is -1.51. The van der Waals surface area contributed by atoms with Crippen molar-refractivity contribution in [3.63, 3.8) is 0 Å². The van der Waals surface area contributed by atoms with E-state index in [1.54, 1.807) is 0 Å². The van der Waals surface area contributed by atoms with Crippen LogP contribution in [0.5, 0.6) is 0 Å². The lowest BCUT2D eigenvalue weighted by molar-refractivity contribution is -0.597. The fourth-order valence-corrected chi connectivity index (χ4v) is 0.139. The maximum absolute atomic E-state index is 9.53. The van der Waals surface area contributed by atoms with E-state index in [0.29, 0.717) is 12.2 Å². The Bertz CT molecular complexity index is 137. The lowest BCUT2D eigenvalue weighted by atomic mass is 10.5. The number of carbonyl (C=O) groups is 2. The van der Waals surface area contributed by atoms with Gasteiger partial charge < -0.3 is 20.3 Å². The van der Waals surface area contributed by atoms with Crippen LogP contribution in [0, 0.1) is 0 Å². The molecule has 0 fully saturated rings. The molecule has 64 valence electrons. The molecule has 0 saturated heterocycles. The van der Waals surface area contributed by atoms with Crippen LogP contribution in [0.4, 0.5) is 0 Å². The lowest BCUT2D eigenvalue weighted by Crippen LogP contribution is -2.74. The summed E-state index contributed by atoms with van der Waals surface area (Å²) in [6, 6.07) is 0. The lowest BCUT2D eigenvalue weighted by Gasteiger charge is -1.85. The smallest absolute Gasteiger partial charge is 0.328 e. The highest BCUT2D eigenvalue weighted by Crippen LogP contribution is 1.67. The zero-order valence-corrected chi connectivity index (χ0v) is 6.40. The highest BCUT2D eigenvalue weighted by molar-refractivity contribution is 5.88. The Morgan fingerprint density at radius 3 is 1.82 bits per heavy atom. The predicted molar refractivity (Wildman–Crippen MR) is 35.6 cm³/mol. The number of carboxylic acids is 2. The number of quaternary nitrogens is 1. The molecule has 3 N–H and O–H groups in total. The molecule has 0 aliphatic rings. The number of hydrogen-bond acceptors (Lipinski definition) is 3. The van der Waals surface area contributed by atoms with Gasteiger partial charge in [-0.25, -0.2) is 4.79 Å². The van der Waals surface area contributed by atoms with Crippen LogP contribution in [0.25, 0.3) is 0 Å². The molecule has 11 heavy (non-hydrogen) atoms. The Hall–Kier alpha value is -1.36. The van der Waals surface area contributed by atoms with Crippen molar-refractivity contribution in [3.8, 4) is 0 Å². The largest absolute Gasteiger partial charge is 0.545 e. The second-order valence-electron chi connectivity index (χ2n) is 1.57. The summed E-state index contributed by atoms with van der Waals surface area (Å²) in [4.78, 5) is 19.0. The summed E-state index contributed by atoms with van der Waals surface area (Å²) in [6.07, 6.45) is 0.942. The van der Waals surface area contributed by atoms with Gasteiger partial charge in [0.15, 0.2) is 0 Å². The molecule has 0 bridgehead atoms. The topological polar surface area (TPSA) is 94.0 Å². The van der Waals surface area contributed by atoms with Crippen molar-refractivity contribution >= 4 is 11.9 Å². The van der Waals surface area contributed by atoms with E-state index in [9.17, 15) is 14.7 Å². The van der Waals surface area contributed by atoms with E-state index in [0.717, 1.165) is 0 Å². The molecule has 0 rings (SSSR count). The van der Waals surface area contributed by atoms with Gasteiger partial charge in [-0.1, -0.05) is 0 Å². The number of carboxylic acid groups (broad SMARTS) is 2. The zero-order valence-electron chi connectivity index (χ0n) is 6.40. The molecule has 0 aromatic heterocycles. The minimum absolute atomic E-state index is 0.447. The summed E-state index contributed by atoms with van der Waals surface area (Å²) in [5, 5.41) is 19.2. The van der Waals surface area contributed by atoms with Crippen LogP contribution in [0.1, 0.15) is 0 Å². The standard InChI is InChI=1S/C4H4O4.C2H7N/c5-3(6)1-2-4(7)8;1-3-2/h1-2H,(H,5,6)(H,7,8);3H,1-2H3/b2-1-;. The van der Waals surface area contributed by atoms with Crippen molar-refractivity contribution in [1.82, 2.24) is 0 Å². The summed E-state index contributed by atoms with van der Waals surface area (Å²) in [6.45, 7) is 0. The molecule has 0 aliphatic heterocycles. The third kappa shape index (κ3) is 28.8. The molecule has 0 saturated carbocycles. The molecule has 0 amide bonds. The van der Waals surface area contributed by atoms with Gasteiger partial charge in [-0.15, -0.1) is 0 Å². The maximum Gasteiger partial charge on any atom is 0.328 e. The zero-order chi connectivity index (χ0) is 9.28. The van der Waals surface area contributed by atoms with Crippen molar-refractivity contribution in [2.24, 2.45) is 0 Å². The van der Waals surface area contributed by atoms with Crippen LogP contribution in [0.2, 0.25) is 0 Å². The number of carbonyl (C=O) groups excluding carboxylic acids is 1. The van der Waals surface area contributed by atoms with Gasteiger partial charge in [0.25, 0.3) is 0 Å². The molecule has 5 heteroatoms. The molecule has 0 unspecified atom stereocenters. The fraction of sp³-hybridized carbons (Fsp3) is 0.333. The Morgan fingerprint density at radius 1 is 1.36 bits per heavy atom. The highest BCUT2D eigenvalue weighted by atomic mass is 16.4. The van der Waals surface area contributed by atoms with Crippen molar-refractivity contribution in [3.05, 3.63) is 12.2 Å². The van der Waals surface area contributed by atoms with Crippen LogP contribution in [0.3, 0.4) is 0 Å². The summed E-state index contributed by atoms with van der Waals surface area (Å²) < 4.78 is 0. The van der Waals surface area contributed by atoms with E-state index >= 15 is 0 Å². The SMILES string of the molecule is C[NH2+]C.O=C([O-])/C=C\C(=O)O. The Morgan fingerprint density at radius 2 is 1.73 bits per heavy atom. The first-order chi connectivity index (χ1) is 5.04. The van der Waals surface area contributed by atoms with E-state index in [1.807, 2.05) is 19.4 Å². The van der Waals surface area contributed by atoms with Gasteiger partial charge >= 0.3 is 5.97 Å². The normalized spacial score (nSPS) is 8.55. The van der Waals surface area contributed by atoms with Gasteiger partial charge in [0.1, 0.15) is 0 Å². The van der Waals surface area contributed by atoms with Crippen LogP contribution >= 0.6 is 0 Å². The van der Waals surface area contributed by atoms with E-state index in [-0.39, 0.29) is 0 Å². The molecule has 0 spiro atoms. The van der Waals surface area contributed by atoms with Crippen molar-refractivity contribution in [2.45, 2.75) is 0 Å². The average molecular weight is 161 g/mol. The average Bonchev–Trinajstić information content (AvgIpc) is 1.85. The Kier molecular flexibility index (Phi) is 9.68. The molecule has 0 atom stereocenters. The van der Waals surface area contributed by atoms with Gasteiger partial charge in [0.05, 0.1) is 20.1 Å². The van der Waals surface area contributed by atoms with Crippen molar-refractivity contribution < 1.29 is 25.1 Å². The molecule has 0 aromatic carbocycles. The number of aliphatic carboxylic acids is 2. The number of rotatable bonds is 2. The van der Waals surface area contributed by atoms with Crippen LogP contribution < -0.4 is 10.4 Å². The first-order valence-corrected chi connectivity index (χ1v) is 2.90. The van der Waals surface area contributed by atoms with Gasteiger partial charge in [0, 0.05) is 6.08 Å². The summed E-state index contributed by atoms with van der Waals surface area (Å²) >= 11 is 0. The maximum atomic E-state index is 9.53. The molecule has 0 radical (unpaired) electrons. The summed E-state index contributed by atoms with van der Waals surface area (Å²) in [5.74, 6) is -2.80. The van der Waals surface area contributed by atoms with E-state index in [2.05, 4.69) is 0 Å². The third-order valence-electron chi connectivity index (χ3n) is 0.362. The monoisotopic (exact) mass is 161 g/mol. The van der Waals surface area contributed by atoms with Gasteiger partial charge in [-0.05, 0) is 6.08 Å². The minimum Gasteiger partial charge on any atom is -0.545 e. The molecular weight excluding hydrogens is 150 g/mol. The number of hydrogen-bond donors (Lipinski definition) is 2. The van der Waals surface area contributed by atoms with Gasteiger partial charge in [-0.3, -0.25) is 0 Å². The second kappa shape index (κ2) is 8.64. The van der Waals surface area contributed by atoms with Crippen molar-refractivity contribution in [2.75, 3.05) is 14.1 Å². The molecule has 0 aromatic rings. The van der Waals surface area contributed by atoms with Crippen LogP contribution in [-0.2, 0) is 9.59 Å². The second-order valence-corrected chi connectivity index (χ2v) is 1.57. The summed E-state index contributed by atoms with van der Waals surface area (Å²) in [5.41, 5.74) is 0. The number of nitrogens with two attached hydrogens (primary N) is 1. The Balaban J connectivity index is 0. The first-order valence-electron chi connectivity index (χ1n) is 2.90. The molecule has 0 heterocycles. The molecule has 0 aliphatic carbocycles. The predicted octanol–water partition coefficient (Wildman–Crippen LogP) is -2.81. The van der Waals surface area contributed by atoms with E-state index in [4.69, 9.17) is 5.11 Å². The van der Waals surface area contributed by atoms with Gasteiger partial charge in [0.2, 0.25) is 0 Å². The third-order valence-corrected chi connectivity index (χ3v) is 0.362. The van der Waals surface area contributed by atoms with E-state index in [1.165, 1.54) is 0 Å². The highest BCUT2D eigenvalue weighted by Gasteiger charge is 1.81. The van der Waals surface area contributed by atoms with Crippen LogP contribution in [0.15, 0.2) is 12.2 Å². The summed E-state index contributed by atoms with van der Waals surface area (Å²) in [7, 11) is 4.00. The van der Waals surface area contributed by atoms with Gasteiger partial charge in [-0.2, -0.15) is 0 Å². The van der Waals surface area contributed by atoms with Crippen molar-refractivity contribution in [1.29, 1.82) is 0 Å².